The Morgan fingerprint density at radius 2 is 2.14 bits per heavy atom. The van der Waals surface area contributed by atoms with Gasteiger partial charge in [0.1, 0.15) is 13.1 Å². The number of nitrogens with one attached hydrogen (secondary N) is 1. The molecule has 1 amide bonds. The Balaban J connectivity index is 0.00000161. The van der Waals surface area contributed by atoms with E-state index in [0.717, 1.165) is 13.1 Å². The molecule has 0 aliphatic carbocycles. The van der Waals surface area contributed by atoms with E-state index in [1.54, 1.807) is 5.01 Å². The van der Waals surface area contributed by atoms with Crippen molar-refractivity contribution in [3.8, 4) is 0 Å². The van der Waals surface area contributed by atoms with Gasteiger partial charge >= 0.3 is 0 Å². The van der Waals surface area contributed by atoms with Crippen LogP contribution in [0.25, 0.3) is 0 Å². The fourth-order valence-corrected chi connectivity index (χ4v) is 2.17. The second-order valence-corrected chi connectivity index (χ2v) is 4.55. The molecule has 8 heteroatoms. The van der Waals surface area contributed by atoms with Crippen LogP contribution >= 0.6 is 0 Å². The van der Waals surface area contributed by atoms with E-state index in [4.69, 9.17) is 5.73 Å². The van der Waals surface area contributed by atoms with Crippen LogP contribution in [0.2, 0.25) is 0 Å². The van der Waals surface area contributed by atoms with Crippen molar-refractivity contribution in [2.75, 3.05) is 18.1 Å². The van der Waals surface area contributed by atoms with Crippen molar-refractivity contribution >= 4 is 11.7 Å². The fourth-order valence-electron chi connectivity index (χ4n) is 2.17. The molecule has 0 saturated carbocycles. The number of rotatable bonds is 4. The van der Waals surface area contributed by atoms with Crippen molar-refractivity contribution in [1.29, 1.82) is 0 Å². The number of H-pyrrole nitrogens is 1. The quantitative estimate of drug-likeness (QED) is 0.635. The van der Waals surface area contributed by atoms with Crippen LogP contribution in [0.5, 0.6) is 0 Å². The van der Waals surface area contributed by atoms with Crippen LogP contribution in [0.1, 0.15) is 16.1 Å². The summed E-state index contributed by atoms with van der Waals surface area (Å²) in [5.74, 6) is -0.0535. The number of carbonyl (C=O) groups is 1. The summed E-state index contributed by atoms with van der Waals surface area (Å²) >= 11 is 0. The molecular weight excluding hydrogens is 292 g/mol. The number of primary amides is 1. The van der Waals surface area contributed by atoms with Gasteiger partial charge in [-0.3, -0.25) is 4.79 Å². The Morgan fingerprint density at radius 3 is 2.86 bits per heavy atom. The highest BCUT2D eigenvalue weighted by Crippen LogP contribution is 2.19. The van der Waals surface area contributed by atoms with E-state index in [1.807, 2.05) is 22.9 Å². The summed E-state index contributed by atoms with van der Waals surface area (Å²) in [4.78, 5) is 18.1. The minimum Gasteiger partial charge on any atom is -1.00 e. The molecule has 2 aromatic rings. The fraction of sp³-hybridized carbons (Fsp3) is 0.231. The van der Waals surface area contributed by atoms with Crippen molar-refractivity contribution in [1.82, 2.24) is 9.97 Å². The van der Waals surface area contributed by atoms with E-state index in [1.165, 1.54) is 11.9 Å². The maximum atomic E-state index is 11.3. The normalized spacial score (nSPS) is 13.7. The number of amides is 1. The third kappa shape index (κ3) is 3.19. The Bertz CT molecular complexity index is 654. The first-order valence-electron chi connectivity index (χ1n) is 6.35. The number of aromatic amines is 1. The summed E-state index contributed by atoms with van der Waals surface area (Å²) in [5.41, 5.74) is 6.77. The molecular formula is C13H15ClN6O. The van der Waals surface area contributed by atoms with E-state index >= 15 is 0 Å². The molecule has 110 valence electrons. The zero-order valence-electron chi connectivity index (χ0n) is 11.2. The number of benzene rings is 1. The summed E-state index contributed by atoms with van der Waals surface area (Å²) < 4.78 is 1.94. The summed E-state index contributed by atoms with van der Waals surface area (Å²) in [7, 11) is 0. The van der Waals surface area contributed by atoms with Gasteiger partial charge in [-0.2, -0.15) is 9.68 Å². The number of imidazole rings is 1. The largest absolute Gasteiger partial charge is 1.00 e. The van der Waals surface area contributed by atoms with E-state index in [0.29, 0.717) is 12.4 Å². The van der Waals surface area contributed by atoms with Crippen molar-refractivity contribution in [3.63, 3.8) is 0 Å². The Hall–Kier alpha value is -2.41. The second kappa shape index (κ2) is 6.36. The van der Waals surface area contributed by atoms with Gasteiger partial charge in [-0.1, -0.05) is 30.3 Å². The summed E-state index contributed by atoms with van der Waals surface area (Å²) in [6, 6.07) is 10.1. The molecule has 0 spiro atoms. The highest BCUT2D eigenvalue weighted by Gasteiger charge is 2.29. The number of anilines is 1. The van der Waals surface area contributed by atoms with Crippen molar-refractivity contribution in [2.24, 2.45) is 11.0 Å². The molecule has 1 aliphatic rings. The third-order valence-corrected chi connectivity index (χ3v) is 3.12. The molecule has 0 saturated heterocycles. The number of hydrogen-bond acceptors (Lipinski definition) is 4. The molecule has 0 atom stereocenters. The molecule has 7 nitrogen and oxygen atoms in total. The number of hydrogen-bond donors (Lipinski definition) is 2. The molecule has 2 heterocycles. The van der Waals surface area contributed by atoms with Crippen LogP contribution in [0, 0.1) is 0 Å². The van der Waals surface area contributed by atoms with E-state index in [2.05, 4.69) is 27.3 Å². The van der Waals surface area contributed by atoms with Crippen molar-refractivity contribution in [3.05, 3.63) is 47.9 Å². The summed E-state index contributed by atoms with van der Waals surface area (Å²) in [5, 5.41) is 6.14. The van der Waals surface area contributed by atoms with Gasteiger partial charge in [-0.25, -0.2) is 0 Å². The molecule has 1 aromatic heterocycles. The first-order chi connectivity index (χ1) is 9.74. The van der Waals surface area contributed by atoms with E-state index < -0.39 is 5.91 Å². The monoisotopic (exact) mass is 306 g/mol. The Kier molecular flexibility index (Phi) is 4.54. The number of nitrogens with two attached hydrogens (primary N) is 1. The number of aromatic nitrogens is 2. The van der Waals surface area contributed by atoms with Crippen LogP contribution < -0.4 is 23.1 Å². The molecule has 1 aliphatic heterocycles. The Labute approximate surface area is 127 Å². The van der Waals surface area contributed by atoms with Crippen LogP contribution in [-0.2, 0) is 6.54 Å². The van der Waals surface area contributed by atoms with Gasteiger partial charge in [-0.15, -0.1) is 5.01 Å². The lowest BCUT2D eigenvalue weighted by Crippen LogP contribution is -3.00. The average Bonchev–Trinajstić information content (AvgIpc) is 3.07. The second-order valence-electron chi connectivity index (χ2n) is 4.55. The van der Waals surface area contributed by atoms with Gasteiger partial charge < -0.3 is 23.1 Å². The molecule has 0 radical (unpaired) electrons. The van der Waals surface area contributed by atoms with E-state index in [-0.39, 0.29) is 18.1 Å². The van der Waals surface area contributed by atoms with E-state index in [9.17, 15) is 4.79 Å². The highest BCUT2D eigenvalue weighted by atomic mass is 35.5. The van der Waals surface area contributed by atoms with Crippen LogP contribution in [-0.4, -0.2) is 33.7 Å². The SMILES string of the molecule is NC(=O)c1[nH]cnc1N1CC[N+](Cc2ccccc2)=N1.[Cl-]. The highest BCUT2D eigenvalue weighted by molar-refractivity contribution is 5.95. The number of halogens is 1. The lowest BCUT2D eigenvalue weighted by molar-refractivity contribution is -0.595. The Morgan fingerprint density at radius 1 is 1.38 bits per heavy atom. The lowest BCUT2D eigenvalue weighted by Gasteiger charge is -2.00. The van der Waals surface area contributed by atoms with Crippen LogP contribution in [0.3, 0.4) is 0 Å². The first-order valence-corrected chi connectivity index (χ1v) is 6.35. The van der Waals surface area contributed by atoms with Gasteiger partial charge in [0, 0.05) is 0 Å². The number of carbonyl (C=O) groups excluding carboxylic acids is 1. The van der Waals surface area contributed by atoms with Crippen molar-refractivity contribution in [2.45, 2.75) is 6.54 Å². The molecule has 21 heavy (non-hydrogen) atoms. The molecule has 0 unspecified atom stereocenters. The molecule has 0 bridgehead atoms. The van der Waals surface area contributed by atoms with Gasteiger partial charge in [0.05, 0.1) is 11.6 Å². The first kappa shape index (κ1) is 15.0. The predicted molar refractivity (Wildman–Crippen MR) is 72.2 cm³/mol. The zero-order chi connectivity index (χ0) is 13.9. The smallest absolute Gasteiger partial charge is 0.272 e. The maximum Gasteiger partial charge on any atom is 0.272 e. The lowest BCUT2D eigenvalue weighted by atomic mass is 10.2. The summed E-state index contributed by atoms with van der Waals surface area (Å²) in [6.07, 6.45) is 1.45. The number of nitrogens with zero attached hydrogens (tertiary/aromatic N) is 4. The standard InChI is InChI=1S/C13H14N6O.ClH/c14-12(20)11-13(16-9-15-11)19-7-6-18(17-19)8-10-4-2-1-3-5-10;/h1-5,9H,6-8H2,(H2-,14,15,16,17,20);1H. The maximum absolute atomic E-state index is 11.3. The molecule has 3 N–H and O–H groups in total. The molecule has 0 fully saturated rings. The molecule has 1 aromatic carbocycles. The van der Waals surface area contributed by atoms with Crippen LogP contribution in [0.15, 0.2) is 41.9 Å². The minimum absolute atomic E-state index is 0. The topological polar surface area (TPSA) is 90.4 Å². The van der Waals surface area contributed by atoms with Gasteiger partial charge in [0.15, 0.2) is 12.2 Å². The third-order valence-electron chi connectivity index (χ3n) is 3.12. The predicted octanol–water partition coefficient (Wildman–Crippen LogP) is -2.09. The van der Waals surface area contributed by atoms with Crippen molar-refractivity contribution < 1.29 is 21.9 Å². The van der Waals surface area contributed by atoms with Gasteiger partial charge in [0.2, 0.25) is 0 Å². The minimum atomic E-state index is -0.533. The zero-order valence-corrected chi connectivity index (χ0v) is 12.0. The van der Waals surface area contributed by atoms with Gasteiger partial charge in [-0.05, 0) is 5.56 Å². The summed E-state index contributed by atoms with van der Waals surface area (Å²) in [6.45, 7) is 2.19. The average molecular weight is 307 g/mol. The molecule has 3 rings (SSSR count). The van der Waals surface area contributed by atoms with Crippen LogP contribution in [0.4, 0.5) is 5.82 Å². The van der Waals surface area contributed by atoms with Gasteiger partial charge in [0.25, 0.3) is 11.7 Å².